The van der Waals surface area contributed by atoms with E-state index in [1.54, 1.807) is 85.5 Å². The third-order valence-corrected chi connectivity index (χ3v) is 6.14. The first kappa shape index (κ1) is 24.1. The third kappa shape index (κ3) is 5.46. The van der Waals surface area contributed by atoms with Crippen LogP contribution in [0.4, 0.5) is 11.5 Å². The van der Waals surface area contributed by atoms with E-state index in [0.29, 0.717) is 33.3 Å². The summed E-state index contributed by atoms with van der Waals surface area (Å²) >= 11 is 6.12. The van der Waals surface area contributed by atoms with Crippen LogP contribution < -0.4 is 10.6 Å². The van der Waals surface area contributed by atoms with Gasteiger partial charge in [-0.3, -0.25) is 24.4 Å². The number of halogens is 1. The van der Waals surface area contributed by atoms with E-state index < -0.39 is 6.04 Å². The Balaban J connectivity index is 1.42. The van der Waals surface area contributed by atoms with Gasteiger partial charge in [-0.15, -0.1) is 0 Å². The molecule has 0 aliphatic carbocycles. The normalized spacial score (nSPS) is 14.9. The standard InChI is InChI=1S/C27H21ClN6O3/c28-19-8-9-21-22(13-19)32-26(36)23(14-20-15-29-11-12-30-20)34(27(21)37)16-17-4-6-18(7-5-17)25(35)33-24-3-1-2-10-31-24/h1-13,15,23H,14,16H2,(H,32,36)(H,31,33,35). The van der Waals surface area contributed by atoms with E-state index in [2.05, 4.69) is 25.6 Å². The lowest BCUT2D eigenvalue weighted by Gasteiger charge is -2.28. The molecule has 0 saturated heterocycles. The fourth-order valence-electron chi connectivity index (χ4n) is 4.06. The summed E-state index contributed by atoms with van der Waals surface area (Å²) in [7, 11) is 0. The van der Waals surface area contributed by atoms with Crippen LogP contribution in [0.2, 0.25) is 5.02 Å². The Bertz CT molecular complexity index is 1450. The van der Waals surface area contributed by atoms with E-state index in [4.69, 9.17) is 11.6 Å². The van der Waals surface area contributed by atoms with E-state index in [1.807, 2.05) is 0 Å². The zero-order chi connectivity index (χ0) is 25.8. The Morgan fingerprint density at radius 1 is 1.00 bits per heavy atom. The molecule has 1 aliphatic heterocycles. The van der Waals surface area contributed by atoms with Crippen LogP contribution in [-0.4, -0.2) is 43.6 Å². The maximum atomic E-state index is 13.7. The second-order valence-electron chi connectivity index (χ2n) is 8.39. The molecule has 2 N–H and O–H groups in total. The first-order valence-electron chi connectivity index (χ1n) is 11.5. The van der Waals surface area contributed by atoms with Gasteiger partial charge in [0.2, 0.25) is 5.91 Å². The lowest BCUT2D eigenvalue weighted by molar-refractivity contribution is -0.120. The molecule has 3 amide bonds. The van der Waals surface area contributed by atoms with E-state index in [-0.39, 0.29) is 30.7 Å². The highest BCUT2D eigenvalue weighted by Crippen LogP contribution is 2.28. The van der Waals surface area contributed by atoms with Crippen molar-refractivity contribution in [1.82, 2.24) is 19.9 Å². The van der Waals surface area contributed by atoms with Crippen molar-refractivity contribution in [3.63, 3.8) is 0 Å². The van der Waals surface area contributed by atoms with Gasteiger partial charge in [0.15, 0.2) is 0 Å². The van der Waals surface area contributed by atoms with Crippen molar-refractivity contribution in [2.45, 2.75) is 19.0 Å². The molecule has 2 aromatic carbocycles. The number of amides is 3. The highest BCUT2D eigenvalue weighted by Gasteiger charge is 2.36. The van der Waals surface area contributed by atoms with Gasteiger partial charge in [0.1, 0.15) is 11.9 Å². The molecule has 0 fully saturated rings. The summed E-state index contributed by atoms with van der Waals surface area (Å²) < 4.78 is 0. The van der Waals surface area contributed by atoms with Crippen molar-refractivity contribution in [2.24, 2.45) is 0 Å². The summed E-state index contributed by atoms with van der Waals surface area (Å²) in [6.45, 7) is 0.140. The molecule has 10 heteroatoms. The Kier molecular flexibility index (Phi) is 6.87. The SMILES string of the molecule is O=C(Nc1ccccn1)c1ccc(CN2C(=O)c3ccc(Cl)cc3NC(=O)C2Cc2cnccn2)cc1. The fraction of sp³-hybridized carbons (Fsp3) is 0.111. The van der Waals surface area contributed by atoms with Crippen LogP contribution in [0.5, 0.6) is 0 Å². The first-order chi connectivity index (χ1) is 18.0. The van der Waals surface area contributed by atoms with Gasteiger partial charge in [-0.2, -0.15) is 0 Å². The highest BCUT2D eigenvalue weighted by atomic mass is 35.5. The molecule has 0 radical (unpaired) electrons. The molecule has 184 valence electrons. The average Bonchev–Trinajstić information content (AvgIpc) is 3.00. The number of hydrogen-bond donors (Lipinski definition) is 2. The molecule has 3 heterocycles. The van der Waals surface area contributed by atoms with Crippen molar-refractivity contribution >= 4 is 40.8 Å². The first-order valence-corrected chi connectivity index (χ1v) is 11.8. The molecule has 9 nitrogen and oxygen atoms in total. The van der Waals surface area contributed by atoms with E-state index in [0.717, 1.165) is 5.56 Å². The van der Waals surface area contributed by atoms with E-state index >= 15 is 0 Å². The number of rotatable bonds is 6. The number of pyridine rings is 1. The predicted octanol–water partition coefficient (Wildman–Crippen LogP) is 3.98. The minimum atomic E-state index is -0.845. The number of fused-ring (bicyclic) bond motifs is 1. The van der Waals surface area contributed by atoms with Crippen LogP contribution in [0.1, 0.15) is 32.0 Å². The lowest BCUT2D eigenvalue weighted by Crippen LogP contribution is -2.46. The smallest absolute Gasteiger partial charge is 0.256 e. The second-order valence-corrected chi connectivity index (χ2v) is 8.83. The number of hydrogen-bond acceptors (Lipinski definition) is 6. The van der Waals surface area contributed by atoms with Crippen molar-refractivity contribution in [3.05, 3.63) is 113 Å². The Morgan fingerprint density at radius 3 is 2.57 bits per heavy atom. The van der Waals surface area contributed by atoms with Gasteiger partial charge in [-0.05, 0) is 48.0 Å². The largest absolute Gasteiger partial charge is 0.323 e. The molecule has 4 aromatic rings. The lowest BCUT2D eigenvalue weighted by atomic mass is 10.1. The molecule has 1 unspecified atom stereocenters. The molecule has 0 spiro atoms. The van der Waals surface area contributed by atoms with Crippen molar-refractivity contribution in [3.8, 4) is 0 Å². The summed E-state index contributed by atoms with van der Waals surface area (Å²) in [4.78, 5) is 53.5. The Morgan fingerprint density at radius 2 is 1.84 bits per heavy atom. The summed E-state index contributed by atoms with van der Waals surface area (Å²) in [5, 5.41) is 5.98. The molecule has 1 aliphatic rings. The molecule has 0 saturated carbocycles. The number of carbonyl (C=O) groups excluding carboxylic acids is 3. The van der Waals surface area contributed by atoms with Gasteiger partial charge in [0.05, 0.1) is 16.9 Å². The number of anilines is 2. The molecule has 5 rings (SSSR count). The van der Waals surface area contributed by atoms with Crippen LogP contribution in [0.3, 0.4) is 0 Å². The summed E-state index contributed by atoms with van der Waals surface area (Å²) in [6, 6.07) is 16.0. The van der Waals surface area contributed by atoms with Crippen LogP contribution in [-0.2, 0) is 17.8 Å². The quantitative estimate of drug-likeness (QED) is 0.403. The topological polar surface area (TPSA) is 117 Å². The minimum Gasteiger partial charge on any atom is -0.323 e. The summed E-state index contributed by atoms with van der Waals surface area (Å²) in [5.41, 5.74) is 2.45. The van der Waals surface area contributed by atoms with E-state index in [1.165, 1.54) is 4.90 Å². The zero-order valence-electron chi connectivity index (χ0n) is 19.5. The molecule has 0 bridgehead atoms. The highest BCUT2D eigenvalue weighted by molar-refractivity contribution is 6.31. The van der Waals surface area contributed by atoms with Crippen LogP contribution in [0, 0.1) is 0 Å². The van der Waals surface area contributed by atoms with Gasteiger partial charge in [0.25, 0.3) is 11.8 Å². The van der Waals surface area contributed by atoms with Crippen molar-refractivity contribution in [2.75, 3.05) is 10.6 Å². The molecule has 2 aromatic heterocycles. The summed E-state index contributed by atoms with van der Waals surface area (Å²) in [5.74, 6) is -0.535. The number of nitrogens with zero attached hydrogens (tertiary/aromatic N) is 4. The minimum absolute atomic E-state index is 0.140. The Hall–Kier alpha value is -4.63. The predicted molar refractivity (Wildman–Crippen MR) is 138 cm³/mol. The monoisotopic (exact) mass is 512 g/mol. The molecule has 1 atom stereocenters. The van der Waals surface area contributed by atoms with E-state index in [9.17, 15) is 14.4 Å². The van der Waals surface area contributed by atoms with Crippen molar-refractivity contribution in [1.29, 1.82) is 0 Å². The van der Waals surface area contributed by atoms with Gasteiger partial charge in [0, 0.05) is 48.3 Å². The van der Waals surface area contributed by atoms with Crippen molar-refractivity contribution < 1.29 is 14.4 Å². The summed E-state index contributed by atoms with van der Waals surface area (Å²) in [6.07, 6.45) is 6.43. The molecule has 37 heavy (non-hydrogen) atoms. The third-order valence-electron chi connectivity index (χ3n) is 5.90. The van der Waals surface area contributed by atoms with Crippen LogP contribution in [0.25, 0.3) is 0 Å². The van der Waals surface area contributed by atoms with Gasteiger partial charge >= 0.3 is 0 Å². The Labute approximate surface area is 217 Å². The van der Waals surface area contributed by atoms with Gasteiger partial charge in [-0.1, -0.05) is 29.8 Å². The number of carbonyl (C=O) groups is 3. The molecular formula is C27H21ClN6O3. The van der Waals surface area contributed by atoms with Gasteiger partial charge in [-0.25, -0.2) is 4.98 Å². The second kappa shape index (κ2) is 10.5. The number of benzene rings is 2. The maximum absolute atomic E-state index is 13.7. The zero-order valence-corrected chi connectivity index (χ0v) is 20.2. The number of aromatic nitrogens is 3. The maximum Gasteiger partial charge on any atom is 0.256 e. The fourth-order valence-corrected chi connectivity index (χ4v) is 4.23. The van der Waals surface area contributed by atoms with Crippen LogP contribution >= 0.6 is 11.6 Å². The van der Waals surface area contributed by atoms with Gasteiger partial charge < -0.3 is 15.5 Å². The number of nitrogens with one attached hydrogen (secondary N) is 2. The average molecular weight is 513 g/mol. The van der Waals surface area contributed by atoms with Crippen LogP contribution in [0.15, 0.2) is 85.5 Å². The molecular weight excluding hydrogens is 492 g/mol.